The molecule has 1 atom stereocenters. The molecule has 0 aromatic carbocycles. The summed E-state index contributed by atoms with van der Waals surface area (Å²) in [5.74, 6) is -1.07. The van der Waals surface area contributed by atoms with E-state index in [2.05, 4.69) is 5.32 Å². The van der Waals surface area contributed by atoms with E-state index in [0.717, 1.165) is 0 Å². The van der Waals surface area contributed by atoms with Crippen LogP contribution in [-0.4, -0.2) is 28.3 Å². The molecule has 1 amide bonds. The van der Waals surface area contributed by atoms with Crippen molar-refractivity contribution in [1.82, 2.24) is 5.32 Å². The van der Waals surface area contributed by atoms with Crippen LogP contribution in [0.3, 0.4) is 0 Å². The summed E-state index contributed by atoms with van der Waals surface area (Å²) in [5.41, 5.74) is -1.90. The zero-order valence-corrected chi connectivity index (χ0v) is 9.88. The Bertz CT molecular complexity index is 257. The third kappa shape index (κ3) is 4.67. The fourth-order valence-electron chi connectivity index (χ4n) is 0.822. The van der Waals surface area contributed by atoms with Gasteiger partial charge in [0.15, 0.2) is 0 Å². The van der Waals surface area contributed by atoms with Crippen molar-refractivity contribution in [3.8, 4) is 0 Å². The predicted molar refractivity (Wildman–Crippen MR) is 55.7 cm³/mol. The van der Waals surface area contributed by atoms with Crippen LogP contribution in [0.2, 0.25) is 0 Å². The van der Waals surface area contributed by atoms with Crippen molar-refractivity contribution in [2.24, 2.45) is 0 Å². The Hall–Kier alpha value is -1.26. The number of amides is 1. The van der Waals surface area contributed by atoms with Crippen LogP contribution in [0.1, 0.15) is 41.0 Å². The van der Waals surface area contributed by atoms with Gasteiger partial charge >= 0.3 is 12.1 Å². The van der Waals surface area contributed by atoms with Crippen LogP contribution in [-0.2, 0) is 9.53 Å². The van der Waals surface area contributed by atoms with E-state index in [0.29, 0.717) is 6.42 Å². The average Bonchev–Trinajstić information content (AvgIpc) is 1.99. The molecule has 0 aliphatic heterocycles. The third-order valence-corrected chi connectivity index (χ3v) is 1.96. The molecule has 0 fully saturated rings. The van der Waals surface area contributed by atoms with Crippen LogP contribution in [0, 0.1) is 0 Å². The highest BCUT2D eigenvalue weighted by Crippen LogP contribution is 2.12. The molecule has 0 aromatic heterocycles. The van der Waals surface area contributed by atoms with Gasteiger partial charge in [0.1, 0.15) is 11.1 Å². The molecule has 0 aliphatic carbocycles. The first kappa shape index (κ1) is 13.7. The minimum atomic E-state index is -1.28. The van der Waals surface area contributed by atoms with Crippen molar-refractivity contribution in [3.63, 3.8) is 0 Å². The number of carbonyl (C=O) groups excluding carboxylic acids is 1. The van der Waals surface area contributed by atoms with Crippen molar-refractivity contribution in [2.45, 2.75) is 52.2 Å². The lowest BCUT2D eigenvalue weighted by atomic mass is 10.00. The summed E-state index contributed by atoms with van der Waals surface area (Å²) in [4.78, 5) is 22.2. The summed E-state index contributed by atoms with van der Waals surface area (Å²) in [6, 6.07) is 0. The maximum atomic E-state index is 11.3. The SMILES string of the molecule is CCC(C)(NC(=O)OC(C)(C)C)C(=O)O. The van der Waals surface area contributed by atoms with E-state index < -0.39 is 23.2 Å². The molecule has 0 aliphatic rings. The average molecular weight is 217 g/mol. The molecular formula is C10H19NO4. The minimum absolute atomic E-state index is 0.293. The number of carboxylic acids is 1. The largest absolute Gasteiger partial charge is 0.480 e. The summed E-state index contributed by atoms with van der Waals surface area (Å²) in [6.07, 6.45) is -0.420. The van der Waals surface area contributed by atoms with Crippen LogP contribution in [0.4, 0.5) is 4.79 Å². The van der Waals surface area contributed by atoms with Crippen LogP contribution in [0.15, 0.2) is 0 Å². The Morgan fingerprint density at radius 2 is 1.73 bits per heavy atom. The molecule has 88 valence electrons. The first-order chi connectivity index (χ1) is 6.60. The van der Waals surface area contributed by atoms with Crippen molar-refractivity contribution in [1.29, 1.82) is 0 Å². The second-order valence-electron chi connectivity index (χ2n) is 4.62. The number of nitrogens with one attached hydrogen (secondary N) is 1. The van der Waals surface area contributed by atoms with Gasteiger partial charge in [-0.05, 0) is 34.1 Å². The van der Waals surface area contributed by atoms with Gasteiger partial charge in [0, 0.05) is 0 Å². The number of rotatable bonds is 3. The fourth-order valence-corrected chi connectivity index (χ4v) is 0.822. The summed E-state index contributed by atoms with van der Waals surface area (Å²) in [6.45, 7) is 8.29. The predicted octanol–water partition coefficient (Wildman–Crippen LogP) is 1.76. The van der Waals surface area contributed by atoms with E-state index in [-0.39, 0.29) is 0 Å². The quantitative estimate of drug-likeness (QED) is 0.755. The van der Waals surface area contributed by atoms with Crippen LogP contribution in [0.25, 0.3) is 0 Å². The maximum Gasteiger partial charge on any atom is 0.408 e. The Morgan fingerprint density at radius 3 is 2.00 bits per heavy atom. The van der Waals surface area contributed by atoms with Gasteiger partial charge in [0.25, 0.3) is 0 Å². The van der Waals surface area contributed by atoms with E-state index in [1.54, 1.807) is 27.7 Å². The molecule has 1 unspecified atom stereocenters. The van der Waals surface area contributed by atoms with Crippen molar-refractivity contribution in [2.75, 3.05) is 0 Å². The van der Waals surface area contributed by atoms with Gasteiger partial charge in [-0.3, -0.25) is 0 Å². The highest BCUT2D eigenvalue weighted by Gasteiger charge is 2.34. The van der Waals surface area contributed by atoms with Gasteiger partial charge in [-0.25, -0.2) is 9.59 Å². The summed E-state index contributed by atoms with van der Waals surface area (Å²) < 4.78 is 4.97. The van der Waals surface area contributed by atoms with Crippen molar-refractivity contribution in [3.05, 3.63) is 0 Å². The highest BCUT2D eigenvalue weighted by atomic mass is 16.6. The number of hydrogen-bond donors (Lipinski definition) is 2. The zero-order valence-electron chi connectivity index (χ0n) is 9.88. The van der Waals surface area contributed by atoms with E-state index in [1.165, 1.54) is 6.92 Å². The normalized spacial score (nSPS) is 15.3. The molecule has 5 nitrogen and oxygen atoms in total. The smallest absolute Gasteiger partial charge is 0.408 e. The number of alkyl carbamates (subject to hydrolysis) is 1. The van der Waals surface area contributed by atoms with Gasteiger partial charge in [-0.15, -0.1) is 0 Å². The third-order valence-electron chi connectivity index (χ3n) is 1.96. The number of aliphatic carboxylic acids is 1. The summed E-state index contributed by atoms with van der Waals surface area (Å²) in [5, 5.41) is 11.2. The molecule has 0 radical (unpaired) electrons. The van der Waals surface area contributed by atoms with Gasteiger partial charge in [0.05, 0.1) is 0 Å². The maximum absolute atomic E-state index is 11.3. The molecule has 0 bridgehead atoms. The lowest BCUT2D eigenvalue weighted by molar-refractivity contribution is -0.144. The monoisotopic (exact) mass is 217 g/mol. The molecule has 0 rings (SSSR count). The van der Waals surface area contributed by atoms with Crippen LogP contribution >= 0.6 is 0 Å². The molecule has 0 saturated heterocycles. The number of ether oxygens (including phenoxy) is 1. The minimum Gasteiger partial charge on any atom is -0.480 e. The van der Waals surface area contributed by atoms with Crippen LogP contribution in [0.5, 0.6) is 0 Å². The lowest BCUT2D eigenvalue weighted by Crippen LogP contribution is -2.52. The topological polar surface area (TPSA) is 75.6 Å². The van der Waals surface area contributed by atoms with E-state index >= 15 is 0 Å². The van der Waals surface area contributed by atoms with Crippen LogP contribution < -0.4 is 5.32 Å². The molecule has 0 heterocycles. The Balaban J connectivity index is 4.45. The second-order valence-corrected chi connectivity index (χ2v) is 4.62. The highest BCUT2D eigenvalue weighted by molar-refractivity contribution is 5.83. The van der Waals surface area contributed by atoms with E-state index in [1.807, 2.05) is 0 Å². The molecule has 0 saturated carbocycles. The number of hydrogen-bond acceptors (Lipinski definition) is 3. The van der Waals surface area contributed by atoms with E-state index in [9.17, 15) is 9.59 Å². The van der Waals surface area contributed by atoms with Gasteiger partial charge in [-0.1, -0.05) is 6.92 Å². The molecule has 15 heavy (non-hydrogen) atoms. The molecule has 5 heteroatoms. The number of carboxylic acid groups (broad SMARTS) is 1. The lowest BCUT2D eigenvalue weighted by Gasteiger charge is -2.27. The first-order valence-electron chi connectivity index (χ1n) is 4.85. The van der Waals surface area contributed by atoms with E-state index in [4.69, 9.17) is 9.84 Å². The molecule has 0 aromatic rings. The second kappa shape index (κ2) is 4.51. The van der Waals surface area contributed by atoms with Crippen molar-refractivity contribution < 1.29 is 19.4 Å². The Kier molecular flexibility index (Phi) is 4.13. The first-order valence-corrected chi connectivity index (χ1v) is 4.85. The van der Waals surface area contributed by atoms with Gasteiger partial charge in [0.2, 0.25) is 0 Å². The number of carbonyl (C=O) groups is 2. The van der Waals surface area contributed by atoms with Crippen molar-refractivity contribution >= 4 is 12.1 Å². The standard InChI is InChI=1S/C10H19NO4/c1-6-10(5,7(12)13)11-8(14)15-9(2,3)4/h6H2,1-5H3,(H,11,14)(H,12,13). The summed E-state index contributed by atoms with van der Waals surface area (Å²) >= 11 is 0. The molecule has 2 N–H and O–H groups in total. The fraction of sp³-hybridized carbons (Fsp3) is 0.800. The van der Waals surface area contributed by atoms with Gasteiger partial charge in [-0.2, -0.15) is 0 Å². The Morgan fingerprint density at radius 1 is 1.27 bits per heavy atom. The Labute approximate surface area is 89.8 Å². The van der Waals surface area contributed by atoms with Gasteiger partial charge < -0.3 is 15.2 Å². The molecular weight excluding hydrogens is 198 g/mol. The molecule has 0 spiro atoms. The zero-order chi connectivity index (χ0) is 12.3. The summed E-state index contributed by atoms with van der Waals surface area (Å²) in [7, 11) is 0.